The number of carbonyl (C=O) groups excluding carboxylic acids is 1. The van der Waals surface area contributed by atoms with E-state index < -0.39 is 29.7 Å². The first kappa shape index (κ1) is 27.4. The summed E-state index contributed by atoms with van der Waals surface area (Å²) in [6.07, 6.45) is 0.573. The minimum Gasteiger partial charge on any atom is -0.481 e. The number of benzene rings is 1. The van der Waals surface area contributed by atoms with Crippen molar-refractivity contribution in [1.82, 2.24) is 30.0 Å². The monoisotopic (exact) mass is 532 g/mol. The largest absolute Gasteiger partial charge is 0.481 e. The van der Waals surface area contributed by atoms with Gasteiger partial charge in [-0.1, -0.05) is 32.0 Å². The fraction of sp³-hybridized carbons (Fsp3) is 0.462. The number of imidazole rings is 1. The Hall–Kier alpha value is -3.67. The summed E-state index contributed by atoms with van der Waals surface area (Å²) in [6, 6.07) is 5.59. The zero-order valence-corrected chi connectivity index (χ0v) is 21.3. The number of amides is 1. The van der Waals surface area contributed by atoms with E-state index >= 15 is 0 Å². The van der Waals surface area contributed by atoms with Crippen molar-refractivity contribution in [2.75, 3.05) is 19.6 Å². The zero-order chi connectivity index (χ0) is 27.5. The summed E-state index contributed by atoms with van der Waals surface area (Å²) >= 11 is 0. The minimum absolute atomic E-state index is 0.0170. The number of carboxylic acid groups (broad SMARTS) is 1. The highest BCUT2D eigenvalue weighted by atomic mass is 19.4. The fourth-order valence-electron chi connectivity index (χ4n) is 4.94. The van der Waals surface area contributed by atoms with Crippen molar-refractivity contribution in [2.45, 2.75) is 51.7 Å². The molecule has 0 unspecified atom stereocenters. The molecule has 1 aliphatic heterocycles. The van der Waals surface area contributed by atoms with Gasteiger partial charge in [0, 0.05) is 37.1 Å². The van der Waals surface area contributed by atoms with Crippen LogP contribution in [0.1, 0.15) is 55.6 Å². The van der Waals surface area contributed by atoms with Crippen molar-refractivity contribution in [3.8, 4) is 17.2 Å². The lowest BCUT2D eigenvalue weighted by Gasteiger charge is -2.38. The molecule has 2 aromatic heterocycles. The summed E-state index contributed by atoms with van der Waals surface area (Å²) < 4.78 is 42.4. The molecule has 1 aromatic carbocycles. The zero-order valence-electron chi connectivity index (χ0n) is 21.3. The number of nitrogens with zero attached hydrogens (tertiary/aromatic N) is 4. The average molecular weight is 533 g/mol. The second-order valence-corrected chi connectivity index (χ2v) is 10.4. The SMILES string of the molecule is CC1(C)CCCN(CC[C@@H](CC(=O)O)NC(=O)c2cc(-c3ccccc3C(F)(F)F)n(-c3ncc[nH]3)n2)C1. The van der Waals surface area contributed by atoms with Gasteiger partial charge in [-0.15, -0.1) is 0 Å². The number of hydrogen-bond donors (Lipinski definition) is 3. The number of carbonyl (C=O) groups is 2. The molecule has 1 atom stereocenters. The lowest BCUT2D eigenvalue weighted by atomic mass is 9.84. The predicted octanol–water partition coefficient (Wildman–Crippen LogP) is 4.37. The standard InChI is InChI=1S/C26H31F3N6O3/c1-25(2)9-5-12-34(16-25)13-8-17(14-22(36)37)32-23(38)20-15-21(35(33-20)24-30-10-11-31-24)18-6-3-4-7-19(18)26(27,28)29/h3-4,6-7,10-11,15,17H,5,8-9,12-14,16H2,1-2H3,(H,30,31)(H,32,38)(H,36,37)/t17-/m0/s1. The van der Waals surface area contributed by atoms with Gasteiger partial charge in [-0.25, -0.2) is 4.98 Å². The van der Waals surface area contributed by atoms with Gasteiger partial charge in [0.1, 0.15) is 0 Å². The predicted molar refractivity (Wildman–Crippen MR) is 134 cm³/mol. The molecular weight excluding hydrogens is 501 g/mol. The Bertz CT molecular complexity index is 1270. The lowest BCUT2D eigenvalue weighted by molar-refractivity contribution is -0.138. The van der Waals surface area contributed by atoms with Gasteiger partial charge < -0.3 is 20.3 Å². The van der Waals surface area contributed by atoms with E-state index in [1.807, 2.05) is 0 Å². The first-order valence-electron chi connectivity index (χ1n) is 12.4. The summed E-state index contributed by atoms with van der Waals surface area (Å²) in [5.74, 6) is -1.60. The van der Waals surface area contributed by atoms with Gasteiger partial charge in [-0.05, 0) is 43.4 Å². The highest BCUT2D eigenvalue weighted by Gasteiger charge is 2.35. The van der Waals surface area contributed by atoms with Gasteiger partial charge in [0.2, 0.25) is 5.95 Å². The van der Waals surface area contributed by atoms with Crippen LogP contribution in [-0.4, -0.2) is 67.3 Å². The first-order chi connectivity index (χ1) is 17.9. The Balaban J connectivity index is 1.59. The highest BCUT2D eigenvalue weighted by Crippen LogP contribution is 2.37. The van der Waals surface area contributed by atoms with Crippen LogP contribution in [0.5, 0.6) is 0 Å². The Morgan fingerprint density at radius 1 is 1.26 bits per heavy atom. The Labute approximate surface area is 218 Å². The Kier molecular flexibility index (Phi) is 7.91. The molecule has 0 bridgehead atoms. The van der Waals surface area contributed by atoms with Gasteiger partial charge in [-0.2, -0.15) is 23.0 Å². The van der Waals surface area contributed by atoms with Crippen LogP contribution in [0.3, 0.4) is 0 Å². The van der Waals surface area contributed by atoms with Crippen LogP contribution < -0.4 is 5.32 Å². The molecule has 204 valence electrons. The number of H-pyrrole nitrogens is 1. The van der Waals surface area contributed by atoms with Crippen LogP contribution in [0.2, 0.25) is 0 Å². The molecule has 0 aliphatic carbocycles. The van der Waals surface area contributed by atoms with E-state index in [0.29, 0.717) is 13.0 Å². The maximum Gasteiger partial charge on any atom is 0.417 e. The third-order valence-electron chi connectivity index (χ3n) is 6.66. The van der Waals surface area contributed by atoms with Crippen molar-refractivity contribution in [3.63, 3.8) is 0 Å². The number of rotatable bonds is 9. The summed E-state index contributed by atoms with van der Waals surface area (Å²) in [5, 5.41) is 16.4. The average Bonchev–Trinajstić information content (AvgIpc) is 3.51. The van der Waals surface area contributed by atoms with Crippen LogP contribution in [0.15, 0.2) is 42.7 Å². The quantitative estimate of drug-likeness (QED) is 0.377. The van der Waals surface area contributed by atoms with Gasteiger partial charge >= 0.3 is 12.1 Å². The van der Waals surface area contributed by atoms with Gasteiger partial charge in [0.25, 0.3) is 5.91 Å². The molecule has 9 nitrogen and oxygen atoms in total. The van der Waals surface area contributed by atoms with Crippen molar-refractivity contribution < 1.29 is 27.9 Å². The van der Waals surface area contributed by atoms with E-state index in [9.17, 15) is 27.9 Å². The maximum atomic E-state index is 13.8. The number of carboxylic acids is 1. The molecule has 1 fully saturated rings. The van der Waals surface area contributed by atoms with Crippen molar-refractivity contribution in [1.29, 1.82) is 0 Å². The molecule has 0 radical (unpaired) electrons. The van der Waals surface area contributed by atoms with E-state index in [1.165, 1.54) is 36.7 Å². The van der Waals surface area contributed by atoms with E-state index in [4.69, 9.17) is 0 Å². The highest BCUT2D eigenvalue weighted by molar-refractivity contribution is 5.94. The molecular formula is C26H31F3N6O3. The van der Waals surface area contributed by atoms with E-state index in [2.05, 4.69) is 39.1 Å². The summed E-state index contributed by atoms with van der Waals surface area (Å²) in [6.45, 7) is 6.80. The van der Waals surface area contributed by atoms with E-state index in [1.54, 1.807) is 0 Å². The van der Waals surface area contributed by atoms with Gasteiger partial charge in [-0.3, -0.25) is 9.59 Å². The van der Waals surface area contributed by atoms with Crippen molar-refractivity contribution in [2.24, 2.45) is 5.41 Å². The van der Waals surface area contributed by atoms with E-state index in [0.717, 1.165) is 36.7 Å². The summed E-state index contributed by atoms with van der Waals surface area (Å²) in [4.78, 5) is 33.8. The smallest absolute Gasteiger partial charge is 0.417 e. The van der Waals surface area contributed by atoms with Crippen LogP contribution >= 0.6 is 0 Å². The molecule has 1 amide bonds. The molecule has 38 heavy (non-hydrogen) atoms. The number of piperidine rings is 1. The molecule has 12 heteroatoms. The number of hydrogen-bond acceptors (Lipinski definition) is 5. The first-order valence-corrected chi connectivity index (χ1v) is 12.4. The van der Waals surface area contributed by atoms with Crippen molar-refractivity contribution in [3.05, 3.63) is 54.0 Å². The Morgan fingerprint density at radius 2 is 2.03 bits per heavy atom. The summed E-state index contributed by atoms with van der Waals surface area (Å²) in [5.41, 5.74) is -1.01. The molecule has 1 aliphatic rings. The maximum absolute atomic E-state index is 13.8. The van der Waals surface area contributed by atoms with Crippen LogP contribution in [0.25, 0.3) is 17.2 Å². The van der Waals surface area contributed by atoms with Crippen LogP contribution in [-0.2, 0) is 11.0 Å². The van der Waals surface area contributed by atoms with Crippen LogP contribution in [0.4, 0.5) is 13.2 Å². The molecule has 3 heterocycles. The van der Waals surface area contributed by atoms with E-state index in [-0.39, 0.29) is 34.7 Å². The number of alkyl halides is 3. The van der Waals surface area contributed by atoms with Gasteiger partial charge in [0.15, 0.2) is 5.69 Å². The second-order valence-electron chi connectivity index (χ2n) is 10.4. The van der Waals surface area contributed by atoms with Crippen molar-refractivity contribution >= 4 is 11.9 Å². The third kappa shape index (κ3) is 6.60. The Morgan fingerprint density at radius 3 is 2.68 bits per heavy atom. The summed E-state index contributed by atoms with van der Waals surface area (Å²) in [7, 11) is 0. The molecule has 1 saturated heterocycles. The lowest BCUT2D eigenvalue weighted by Crippen LogP contribution is -2.44. The normalized spacial score (nSPS) is 16.8. The number of halogens is 3. The number of likely N-dealkylation sites (tertiary alicyclic amines) is 1. The molecule has 0 spiro atoms. The second kappa shape index (κ2) is 11.0. The number of nitrogens with one attached hydrogen (secondary N) is 2. The fourth-order valence-corrected chi connectivity index (χ4v) is 4.94. The molecule has 3 N–H and O–H groups in total. The van der Waals surface area contributed by atoms with Gasteiger partial charge in [0.05, 0.1) is 17.7 Å². The third-order valence-corrected chi connectivity index (χ3v) is 6.66. The topological polar surface area (TPSA) is 116 Å². The minimum atomic E-state index is -4.63. The molecule has 4 rings (SSSR count). The number of aliphatic carboxylic acids is 1. The number of aromatic nitrogens is 4. The molecule has 0 saturated carbocycles. The molecule has 3 aromatic rings. The van der Waals surface area contributed by atoms with Crippen LogP contribution in [0, 0.1) is 5.41 Å². The number of aromatic amines is 1.